The van der Waals surface area contributed by atoms with Crippen molar-refractivity contribution in [2.24, 2.45) is 16.1 Å². The van der Waals surface area contributed by atoms with Gasteiger partial charge in [-0.15, -0.1) is 0 Å². The number of benzene rings is 1. The highest BCUT2D eigenvalue weighted by molar-refractivity contribution is 6.08. The molecule has 1 aromatic rings. The number of carbonyl (C=O) groups excluding carboxylic acids is 1. The molecule has 1 atom stereocenters. The number of guanidine groups is 1. The first-order valence-electron chi connectivity index (χ1n) is 9.36. The molecule has 2 aliphatic carbocycles. The van der Waals surface area contributed by atoms with E-state index in [0.717, 1.165) is 36.8 Å². The number of aryl methyl sites for hydroxylation is 1. The van der Waals surface area contributed by atoms with Crippen LogP contribution in [0.1, 0.15) is 49.3 Å². The average Bonchev–Trinajstić information content (AvgIpc) is 3.02. The van der Waals surface area contributed by atoms with E-state index < -0.39 is 5.54 Å². The highest BCUT2D eigenvalue weighted by Gasteiger charge is 2.66. The Labute approximate surface area is 153 Å². The van der Waals surface area contributed by atoms with Crippen molar-refractivity contribution in [2.75, 3.05) is 14.2 Å². The van der Waals surface area contributed by atoms with Crippen LogP contribution in [0.15, 0.2) is 17.1 Å². The van der Waals surface area contributed by atoms with Gasteiger partial charge in [-0.1, -0.05) is 6.92 Å². The van der Waals surface area contributed by atoms with Crippen LogP contribution in [0.25, 0.3) is 0 Å². The summed E-state index contributed by atoms with van der Waals surface area (Å²) in [5.74, 6) is -0.0310. The molecule has 3 aliphatic rings. The van der Waals surface area contributed by atoms with E-state index >= 15 is 0 Å². The number of aliphatic imine (C=N–C) groups is 1. The molecule has 2 spiro atoms. The fraction of sp³-hybridized carbons (Fsp3) is 0.600. The standard InChI is InChI=1S/C20H26FN3O2/c1-4-12-9-15-13(10-16(12)21)11-19(7-5-14(26-3)6-8-19)20(15)17(25)24(2)18(22)23-20/h9-10,14H,4-8,11H2,1-3H3,(H2,22,23). The van der Waals surface area contributed by atoms with E-state index in [1.807, 2.05) is 13.0 Å². The molecule has 1 unspecified atom stereocenters. The second kappa shape index (κ2) is 5.78. The Balaban J connectivity index is 1.91. The van der Waals surface area contributed by atoms with E-state index in [1.54, 1.807) is 20.2 Å². The molecule has 140 valence electrons. The van der Waals surface area contributed by atoms with Gasteiger partial charge in [0.05, 0.1) is 6.10 Å². The molecular formula is C20H26FN3O2. The Morgan fingerprint density at radius 3 is 2.62 bits per heavy atom. The van der Waals surface area contributed by atoms with Crippen molar-refractivity contribution < 1.29 is 13.9 Å². The minimum atomic E-state index is -1.02. The summed E-state index contributed by atoms with van der Waals surface area (Å²) in [7, 11) is 3.40. The van der Waals surface area contributed by atoms with E-state index in [-0.39, 0.29) is 29.2 Å². The molecule has 2 N–H and O–H groups in total. The van der Waals surface area contributed by atoms with Gasteiger partial charge in [-0.3, -0.25) is 9.69 Å². The smallest absolute Gasteiger partial charge is 0.262 e. The first-order chi connectivity index (χ1) is 12.4. The lowest BCUT2D eigenvalue weighted by molar-refractivity contribution is -0.137. The van der Waals surface area contributed by atoms with Crippen LogP contribution in [-0.4, -0.2) is 37.0 Å². The summed E-state index contributed by atoms with van der Waals surface area (Å²) >= 11 is 0. The van der Waals surface area contributed by atoms with E-state index in [9.17, 15) is 9.18 Å². The third-order valence-electron chi connectivity index (χ3n) is 6.80. The Kier molecular flexibility index (Phi) is 3.88. The summed E-state index contributed by atoms with van der Waals surface area (Å²) in [5.41, 5.74) is 7.09. The van der Waals surface area contributed by atoms with Gasteiger partial charge in [0, 0.05) is 19.6 Å². The Morgan fingerprint density at radius 1 is 1.38 bits per heavy atom. The summed E-state index contributed by atoms with van der Waals surface area (Å²) in [6.07, 6.45) is 4.84. The Morgan fingerprint density at radius 2 is 2.08 bits per heavy atom. The summed E-state index contributed by atoms with van der Waals surface area (Å²) in [4.78, 5) is 19.6. The van der Waals surface area contributed by atoms with Gasteiger partial charge in [0.2, 0.25) is 0 Å². The topological polar surface area (TPSA) is 67.9 Å². The Hall–Kier alpha value is -1.95. The SMILES string of the molecule is CCc1cc2c(cc1F)CC1(CCC(OC)CC1)C21N=C(N)N(C)C1=O. The number of nitrogens with two attached hydrogens (primary N) is 1. The first-order valence-corrected chi connectivity index (χ1v) is 9.36. The normalized spacial score (nSPS) is 33.2. The molecule has 1 fully saturated rings. The average molecular weight is 359 g/mol. The molecular weight excluding hydrogens is 333 g/mol. The number of methoxy groups -OCH3 is 1. The summed E-state index contributed by atoms with van der Waals surface area (Å²) in [6.45, 7) is 1.92. The molecule has 0 bridgehead atoms. The minimum absolute atomic E-state index is 0.0849. The molecule has 26 heavy (non-hydrogen) atoms. The molecule has 1 aromatic carbocycles. The highest BCUT2D eigenvalue weighted by atomic mass is 19.1. The zero-order chi connectivity index (χ0) is 18.7. The number of likely N-dealkylation sites (N-methyl/N-ethyl adjacent to an activating group) is 1. The molecule has 1 aliphatic heterocycles. The second-order valence-corrected chi connectivity index (χ2v) is 7.89. The lowest BCUT2D eigenvalue weighted by Crippen LogP contribution is -2.51. The van der Waals surface area contributed by atoms with E-state index in [4.69, 9.17) is 15.5 Å². The molecule has 6 heteroatoms. The minimum Gasteiger partial charge on any atom is -0.381 e. The number of hydrogen-bond acceptors (Lipinski definition) is 4. The molecule has 4 rings (SSSR count). The van der Waals surface area contributed by atoms with Gasteiger partial charge in [0.15, 0.2) is 11.5 Å². The molecule has 0 aromatic heterocycles. The van der Waals surface area contributed by atoms with Crippen molar-refractivity contribution in [3.63, 3.8) is 0 Å². The molecule has 0 radical (unpaired) electrons. The second-order valence-electron chi connectivity index (χ2n) is 7.89. The van der Waals surface area contributed by atoms with Crippen LogP contribution in [0.2, 0.25) is 0 Å². The molecule has 5 nitrogen and oxygen atoms in total. The van der Waals surface area contributed by atoms with Gasteiger partial charge in [-0.05, 0) is 67.3 Å². The number of carbonyl (C=O) groups is 1. The highest BCUT2D eigenvalue weighted by Crippen LogP contribution is 2.62. The number of halogens is 1. The molecule has 0 saturated heterocycles. The third kappa shape index (κ3) is 2.05. The molecule has 1 heterocycles. The number of nitrogens with zero attached hydrogens (tertiary/aromatic N) is 2. The van der Waals surface area contributed by atoms with Crippen molar-refractivity contribution in [1.82, 2.24) is 4.90 Å². The fourth-order valence-electron chi connectivity index (χ4n) is 5.27. The van der Waals surface area contributed by atoms with Crippen molar-refractivity contribution in [3.05, 3.63) is 34.6 Å². The van der Waals surface area contributed by atoms with E-state index in [1.165, 1.54) is 4.90 Å². The van der Waals surface area contributed by atoms with Crippen LogP contribution in [0.4, 0.5) is 4.39 Å². The van der Waals surface area contributed by atoms with Crippen LogP contribution < -0.4 is 5.73 Å². The van der Waals surface area contributed by atoms with Crippen molar-refractivity contribution in [2.45, 2.75) is 57.1 Å². The lowest BCUT2D eigenvalue weighted by atomic mass is 9.61. The van der Waals surface area contributed by atoms with Gasteiger partial charge < -0.3 is 10.5 Å². The van der Waals surface area contributed by atoms with Crippen molar-refractivity contribution in [1.29, 1.82) is 0 Å². The van der Waals surface area contributed by atoms with E-state index in [0.29, 0.717) is 18.4 Å². The number of fused-ring (bicyclic) bond motifs is 3. The van der Waals surface area contributed by atoms with Gasteiger partial charge >= 0.3 is 0 Å². The predicted octanol–water partition coefficient (Wildman–Crippen LogP) is 2.50. The predicted molar refractivity (Wildman–Crippen MR) is 97.3 cm³/mol. The molecule has 1 saturated carbocycles. The fourth-order valence-corrected chi connectivity index (χ4v) is 5.27. The van der Waals surface area contributed by atoms with Gasteiger partial charge in [0.25, 0.3) is 5.91 Å². The zero-order valence-corrected chi connectivity index (χ0v) is 15.6. The lowest BCUT2D eigenvalue weighted by Gasteiger charge is -2.45. The van der Waals surface area contributed by atoms with Crippen molar-refractivity contribution in [3.8, 4) is 0 Å². The third-order valence-corrected chi connectivity index (χ3v) is 6.80. The van der Waals surface area contributed by atoms with Gasteiger partial charge in [-0.25, -0.2) is 9.38 Å². The van der Waals surface area contributed by atoms with Crippen LogP contribution in [0.5, 0.6) is 0 Å². The van der Waals surface area contributed by atoms with Gasteiger partial charge in [0.1, 0.15) is 5.82 Å². The van der Waals surface area contributed by atoms with Gasteiger partial charge in [-0.2, -0.15) is 0 Å². The Bertz CT molecular complexity index is 798. The zero-order valence-electron chi connectivity index (χ0n) is 15.6. The first kappa shape index (κ1) is 17.5. The maximum absolute atomic E-state index is 14.5. The summed E-state index contributed by atoms with van der Waals surface area (Å²) in [6, 6.07) is 3.47. The molecule has 1 amide bonds. The quantitative estimate of drug-likeness (QED) is 0.882. The monoisotopic (exact) mass is 359 g/mol. The maximum Gasteiger partial charge on any atom is 0.262 e. The number of ether oxygens (including phenoxy) is 1. The van der Waals surface area contributed by atoms with E-state index in [2.05, 4.69) is 0 Å². The van der Waals surface area contributed by atoms with Crippen LogP contribution in [0.3, 0.4) is 0 Å². The number of hydrogen-bond donors (Lipinski definition) is 1. The number of rotatable bonds is 2. The maximum atomic E-state index is 14.5. The van der Waals surface area contributed by atoms with Crippen LogP contribution in [0, 0.1) is 11.2 Å². The van der Waals surface area contributed by atoms with Crippen LogP contribution in [-0.2, 0) is 27.9 Å². The summed E-state index contributed by atoms with van der Waals surface area (Å²) < 4.78 is 20.0. The van der Waals surface area contributed by atoms with Crippen molar-refractivity contribution >= 4 is 11.9 Å². The number of amides is 1. The summed E-state index contributed by atoms with van der Waals surface area (Å²) in [5, 5.41) is 0. The largest absolute Gasteiger partial charge is 0.381 e. The van der Waals surface area contributed by atoms with Crippen LogP contribution >= 0.6 is 0 Å².